The van der Waals surface area contributed by atoms with Crippen LogP contribution in [0.15, 0.2) is 46.9 Å². The van der Waals surface area contributed by atoms with Crippen LogP contribution in [0.1, 0.15) is 15.9 Å². The molecule has 24 heavy (non-hydrogen) atoms. The summed E-state index contributed by atoms with van der Waals surface area (Å²) in [6.45, 7) is 0. The third-order valence-corrected chi connectivity index (χ3v) is 4.93. The van der Waals surface area contributed by atoms with E-state index in [0.717, 1.165) is 10.0 Å². The lowest BCUT2D eigenvalue weighted by atomic mass is 10.0. The van der Waals surface area contributed by atoms with Crippen molar-refractivity contribution in [3.63, 3.8) is 0 Å². The van der Waals surface area contributed by atoms with Crippen molar-refractivity contribution in [2.24, 2.45) is 0 Å². The Hall–Kier alpha value is -1.56. The maximum absolute atomic E-state index is 12.6. The number of hydrogen-bond acceptors (Lipinski definition) is 2. The van der Waals surface area contributed by atoms with Crippen LogP contribution in [0.2, 0.25) is 10.0 Å². The number of aliphatic carboxylic acids is 1. The van der Waals surface area contributed by atoms with E-state index >= 15 is 0 Å². The molecule has 0 spiro atoms. The van der Waals surface area contributed by atoms with E-state index < -0.39 is 17.9 Å². The first-order chi connectivity index (χ1) is 11.3. The minimum absolute atomic E-state index is 0.171. The minimum atomic E-state index is -1.09. The molecule has 126 valence electrons. The second-order valence-electron chi connectivity index (χ2n) is 5.19. The Labute approximate surface area is 158 Å². The molecule has 2 aromatic rings. The van der Waals surface area contributed by atoms with Crippen LogP contribution in [0.25, 0.3) is 0 Å². The van der Waals surface area contributed by atoms with Gasteiger partial charge in [0, 0.05) is 23.0 Å². The highest BCUT2D eigenvalue weighted by Gasteiger charge is 2.29. The number of nitrogens with zero attached hydrogens (tertiary/aromatic N) is 1. The molecule has 4 nitrogen and oxygen atoms in total. The monoisotopic (exact) mass is 429 g/mol. The van der Waals surface area contributed by atoms with Gasteiger partial charge in [0.2, 0.25) is 0 Å². The fourth-order valence-electron chi connectivity index (χ4n) is 2.26. The molecule has 0 aliphatic heterocycles. The van der Waals surface area contributed by atoms with Crippen molar-refractivity contribution in [3.05, 3.63) is 68.1 Å². The predicted octanol–water partition coefficient (Wildman–Crippen LogP) is 4.52. The van der Waals surface area contributed by atoms with E-state index in [1.807, 2.05) is 24.3 Å². The summed E-state index contributed by atoms with van der Waals surface area (Å²) >= 11 is 15.3. The number of hydrogen-bond donors (Lipinski definition) is 1. The van der Waals surface area contributed by atoms with Crippen molar-refractivity contribution in [1.29, 1.82) is 0 Å². The molecule has 1 atom stereocenters. The Morgan fingerprint density at radius 3 is 2.46 bits per heavy atom. The molecule has 0 unspecified atom stereocenters. The number of halogens is 3. The summed E-state index contributed by atoms with van der Waals surface area (Å²) in [5.74, 6) is -1.57. The van der Waals surface area contributed by atoms with Gasteiger partial charge in [0.05, 0.1) is 10.6 Å². The van der Waals surface area contributed by atoms with Gasteiger partial charge >= 0.3 is 5.97 Å². The van der Waals surface area contributed by atoms with Gasteiger partial charge in [-0.15, -0.1) is 0 Å². The molecule has 7 heteroatoms. The van der Waals surface area contributed by atoms with E-state index in [4.69, 9.17) is 23.2 Å². The zero-order valence-corrected chi connectivity index (χ0v) is 15.8. The van der Waals surface area contributed by atoms with Gasteiger partial charge in [-0.25, -0.2) is 4.79 Å². The van der Waals surface area contributed by atoms with Gasteiger partial charge in [0.25, 0.3) is 5.91 Å². The molecule has 2 aromatic carbocycles. The number of carbonyl (C=O) groups excluding carboxylic acids is 1. The Kier molecular flexibility index (Phi) is 6.27. The lowest BCUT2D eigenvalue weighted by molar-refractivity contribution is -0.141. The Morgan fingerprint density at radius 1 is 1.21 bits per heavy atom. The number of likely N-dealkylation sites (N-methyl/N-ethyl adjacent to an activating group) is 1. The van der Waals surface area contributed by atoms with Gasteiger partial charge in [-0.3, -0.25) is 4.79 Å². The second-order valence-corrected chi connectivity index (χ2v) is 6.89. The van der Waals surface area contributed by atoms with Gasteiger partial charge in [-0.05, 0) is 29.8 Å². The highest BCUT2D eigenvalue weighted by atomic mass is 79.9. The normalized spacial score (nSPS) is 11.8. The summed E-state index contributed by atoms with van der Waals surface area (Å²) in [5, 5.41) is 10.1. The van der Waals surface area contributed by atoms with Crippen molar-refractivity contribution in [3.8, 4) is 0 Å². The molecule has 0 heterocycles. The molecule has 0 aromatic heterocycles. The molecule has 0 saturated carbocycles. The topological polar surface area (TPSA) is 57.6 Å². The maximum atomic E-state index is 12.6. The predicted molar refractivity (Wildman–Crippen MR) is 97.8 cm³/mol. The van der Waals surface area contributed by atoms with E-state index in [0.29, 0.717) is 5.02 Å². The Balaban J connectivity index is 2.28. The van der Waals surface area contributed by atoms with Crippen LogP contribution in [-0.4, -0.2) is 35.0 Å². The highest BCUT2D eigenvalue weighted by molar-refractivity contribution is 9.10. The Bertz CT molecular complexity index is 782. The van der Waals surface area contributed by atoms with Crippen LogP contribution < -0.4 is 0 Å². The largest absolute Gasteiger partial charge is 0.480 e. The molecule has 0 fully saturated rings. The van der Waals surface area contributed by atoms with Gasteiger partial charge in [-0.1, -0.05) is 57.3 Å². The van der Waals surface area contributed by atoms with Crippen LogP contribution in [0, 0.1) is 0 Å². The molecular formula is C17H14BrCl2NO3. The molecule has 0 bridgehead atoms. The van der Waals surface area contributed by atoms with Crippen LogP contribution in [-0.2, 0) is 11.2 Å². The quantitative estimate of drug-likeness (QED) is 0.758. The summed E-state index contributed by atoms with van der Waals surface area (Å²) in [7, 11) is 1.45. The number of rotatable bonds is 5. The van der Waals surface area contributed by atoms with Gasteiger partial charge in [0.1, 0.15) is 6.04 Å². The molecule has 0 aliphatic rings. The fourth-order valence-corrected chi connectivity index (χ4v) is 3.19. The van der Waals surface area contributed by atoms with Crippen molar-refractivity contribution in [2.45, 2.75) is 12.5 Å². The van der Waals surface area contributed by atoms with Crippen molar-refractivity contribution in [1.82, 2.24) is 4.90 Å². The number of benzene rings is 2. The standard InChI is InChI=1S/C17H14BrCl2NO3/c1-21(16(22)12-7-6-11(19)9-14(12)20)15(17(23)24)8-10-4-2-3-5-13(10)18/h2-7,9,15H,8H2,1H3,(H,23,24)/t15-/m1/s1. The van der Waals surface area contributed by atoms with E-state index in [9.17, 15) is 14.7 Å². The molecule has 0 radical (unpaired) electrons. The number of carboxylic acid groups (broad SMARTS) is 1. The summed E-state index contributed by atoms with van der Waals surface area (Å²) in [6, 6.07) is 10.7. The third kappa shape index (κ3) is 4.29. The van der Waals surface area contributed by atoms with Crippen molar-refractivity contribution in [2.75, 3.05) is 7.05 Å². The lowest BCUT2D eigenvalue weighted by Gasteiger charge is -2.25. The van der Waals surface area contributed by atoms with Crippen molar-refractivity contribution >= 4 is 51.0 Å². The summed E-state index contributed by atoms with van der Waals surface area (Å²) in [4.78, 5) is 25.5. The average molecular weight is 431 g/mol. The van der Waals surface area contributed by atoms with Gasteiger partial charge in [0.15, 0.2) is 0 Å². The van der Waals surface area contributed by atoms with Crippen LogP contribution in [0.3, 0.4) is 0 Å². The fraction of sp³-hybridized carbons (Fsp3) is 0.176. The first kappa shape index (κ1) is 18.8. The van der Waals surface area contributed by atoms with E-state index in [1.54, 1.807) is 0 Å². The van der Waals surface area contributed by atoms with E-state index in [-0.39, 0.29) is 17.0 Å². The molecular weight excluding hydrogens is 417 g/mol. The van der Waals surface area contributed by atoms with E-state index in [2.05, 4.69) is 15.9 Å². The zero-order valence-electron chi connectivity index (χ0n) is 12.7. The number of carbonyl (C=O) groups is 2. The first-order valence-corrected chi connectivity index (χ1v) is 8.54. The summed E-state index contributed by atoms with van der Waals surface area (Å²) in [5.41, 5.74) is 1.01. The zero-order chi connectivity index (χ0) is 17.9. The van der Waals surface area contributed by atoms with Gasteiger partial charge in [-0.2, -0.15) is 0 Å². The molecule has 2 rings (SSSR count). The highest BCUT2D eigenvalue weighted by Crippen LogP contribution is 2.24. The number of carboxylic acids is 1. The lowest BCUT2D eigenvalue weighted by Crippen LogP contribution is -2.44. The summed E-state index contributed by atoms with van der Waals surface area (Å²) in [6.07, 6.45) is 0.171. The second kappa shape index (κ2) is 8.01. The smallest absolute Gasteiger partial charge is 0.326 e. The van der Waals surface area contributed by atoms with Gasteiger partial charge < -0.3 is 10.0 Å². The number of amides is 1. The summed E-state index contributed by atoms with van der Waals surface area (Å²) < 4.78 is 0.793. The average Bonchev–Trinajstić information content (AvgIpc) is 2.52. The Morgan fingerprint density at radius 2 is 1.88 bits per heavy atom. The molecule has 1 N–H and O–H groups in total. The molecule has 1 amide bonds. The molecule has 0 aliphatic carbocycles. The SMILES string of the molecule is CN(C(=O)c1ccc(Cl)cc1Cl)[C@H](Cc1ccccc1Br)C(=O)O. The third-order valence-electron chi connectivity index (χ3n) is 3.61. The van der Waals surface area contributed by atoms with Crippen LogP contribution in [0.4, 0.5) is 0 Å². The minimum Gasteiger partial charge on any atom is -0.480 e. The van der Waals surface area contributed by atoms with Crippen LogP contribution >= 0.6 is 39.1 Å². The van der Waals surface area contributed by atoms with E-state index in [1.165, 1.54) is 30.1 Å². The van der Waals surface area contributed by atoms with Crippen molar-refractivity contribution < 1.29 is 14.7 Å². The maximum Gasteiger partial charge on any atom is 0.326 e. The molecule has 0 saturated heterocycles. The first-order valence-electron chi connectivity index (χ1n) is 6.99. The van der Waals surface area contributed by atoms with Crippen LogP contribution in [0.5, 0.6) is 0 Å².